The molecule has 0 aliphatic rings. The minimum atomic E-state index is -0.704. The lowest BCUT2D eigenvalue weighted by atomic mass is 10.2. The van der Waals surface area contributed by atoms with Crippen molar-refractivity contribution in [2.24, 2.45) is 0 Å². The number of nitrogens with zero attached hydrogens (tertiary/aromatic N) is 1. The predicted molar refractivity (Wildman–Crippen MR) is 39.6 cm³/mol. The number of hydrogen-bond donors (Lipinski definition) is 1. The van der Waals surface area contributed by atoms with Crippen molar-refractivity contribution in [2.45, 2.75) is 20.0 Å². The van der Waals surface area contributed by atoms with E-state index < -0.39 is 12.1 Å². The van der Waals surface area contributed by atoms with Crippen LogP contribution in [0.3, 0.4) is 0 Å². The lowest BCUT2D eigenvalue weighted by molar-refractivity contribution is 0.193. The molecule has 1 heterocycles. The Hall–Kier alpha value is -0.960. The van der Waals surface area contributed by atoms with Crippen LogP contribution in [-0.4, -0.2) is 10.1 Å². The van der Waals surface area contributed by atoms with Gasteiger partial charge in [-0.15, -0.1) is 0 Å². The van der Waals surface area contributed by atoms with Gasteiger partial charge in [-0.3, -0.25) is 0 Å². The fraction of sp³-hybridized carbons (Fsp3) is 0.375. The normalized spacial score (nSPS) is 13.1. The highest BCUT2D eigenvalue weighted by atomic mass is 19.1. The van der Waals surface area contributed by atoms with Crippen LogP contribution in [0, 0.1) is 12.9 Å². The standard InChI is InChI=1S/C8H10FNO/c1-5-3-4-7(6(2)11)10-8(5)9/h3-4,6,11H,1-2H3. The molecule has 1 rings (SSSR count). The zero-order chi connectivity index (χ0) is 8.43. The molecule has 0 saturated heterocycles. The van der Waals surface area contributed by atoms with Gasteiger partial charge < -0.3 is 5.11 Å². The second-order valence-corrected chi connectivity index (χ2v) is 2.52. The first-order valence-corrected chi connectivity index (χ1v) is 3.42. The Bertz CT molecular complexity index is 260. The summed E-state index contributed by atoms with van der Waals surface area (Å²) < 4.78 is 12.7. The van der Waals surface area contributed by atoms with Gasteiger partial charge in [-0.05, 0) is 19.9 Å². The molecule has 0 bridgehead atoms. The topological polar surface area (TPSA) is 33.1 Å². The van der Waals surface area contributed by atoms with Crippen LogP contribution in [0.4, 0.5) is 4.39 Å². The Morgan fingerprint density at radius 1 is 1.55 bits per heavy atom. The Morgan fingerprint density at radius 2 is 2.18 bits per heavy atom. The van der Waals surface area contributed by atoms with Gasteiger partial charge in [0.2, 0.25) is 5.95 Å². The molecular formula is C8H10FNO. The summed E-state index contributed by atoms with van der Waals surface area (Å²) in [7, 11) is 0. The molecule has 0 spiro atoms. The van der Waals surface area contributed by atoms with Crippen LogP contribution in [0.15, 0.2) is 12.1 Å². The molecule has 1 aromatic heterocycles. The molecule has 0 aliphatic heterocycles. The van der Waals surface area contributed by atoms with Crippen molar-refractivity contribution in [3.8, 4) is 0 Å². The fourth-order valence-electron chi connectivity index (χ4n) is 0.751. The third kappa shape index (κ3) is 1.74. The Labute approximate surface area is 64.7 Å². The fourth-order valence-corrected chi connectivity index (χ4v) is 0.751. The van der Waals surface area contributed by atoms with E-state index >= 15 is 0 Å². The summed E-state index contributed by atoms with van der Waals surface area (Å²) in [5, 5.41) is 9.01. The third-order valence-electron chi connectivity index (χ3n) is 1.48. The van der Waals surface area contributed by atoms with Gasteiger partial charge in [0, 0.05) is 5.56 Å². The summed E-state index contributed by atoms with van der Waals surface area (Å²) >= 11 is 0. The first-order valence-electron chi connectivity index (χ1n) is 3.42. The van der Waals surface area contributed by atoms with Crippen LogP contribution in [0.25, 0.3) is 0 Å². The highest BCUT2D eigenvalue weighted by Crippen LogP contribution is 2.11. The van der Waals surface area contributed by atoms with Crippen molar-refractivity contribution < 1.29 is 9.50 Å². The lowest BCUT2D eigenvalue weighted by Crippen LogP contribution is -1.98. The molecular weight excluding hydrogens is 145 g/mol. The van der Waals surface area contributed by atoms with Gasteiger partial charge in [-0.2, -0.15) is 4.39 Å². The third-order valence-corrected chi connectivity index (χ3v) is 1.48. The van der Waals surface area contributed by atoms with Crippen molar-refractivity contribution in [1.29, 1.82) is 0 Å². The van der Waals surface area contributed by atoms with Gasteiger partial charge in [-0.1, -0.05) is 6.07 Å². The van der Waals surface area contributed by atoms with Crippen LogP contribution < -0.4 is 0 Å². The summed E-state index contributed by atoms with van der Waals surface area (Å²) in [5.41, 5.74) is 0.863. The molecule has 0 aromatic carbocycles. The first-order chi connectivity index (χ1) is 5.11. The smallest absolute Gasteiger partial charge is 0.216 e. The van der Waals surface area contributed by atoms with E-state index in [1.165, 1.54) is 0 Å². The number of hydrogen-bond acceptors (Lipinski definition) is 2. The van der Waals surface area contributed by atoms with E-state index in [9.17, 15) is 4.39 Å². The van der Waals surface area contributed by atoms with Crippen molar-refractivity contribution in [1.82, 2.24) is 4.98 Å². The highest BCUT2D eigenvalue weighted by Gasteiger charge is 2.04. The van der Waals surface area contributed by atoms with Crippen molar-refractivity contribution in [3.05, 3.63) is 29.3 Å². The average molecular weight is 155 g/mol. The Morgan fingerprint density at radius 3 is 2.64 bits per heavy atom. The van der Waals surface area contributed by atoms with E-state index in [0.29, 0.717) is 11.3 Å². The van der Waals surface area contributed by atoms with E-state index in [0.717, 1.165) is 0 Å². The number of rotatable bonds is 1. The van der Waals surface area contributed by atoms with Gasteiger partial charge in [0.25, 0.3) is 0 Å². The molecule has 3 heteroatoms. The molecule has 1 aromatic rings. The monoisotopic (exact) mass is 155 g/mol. The average Bonchev–Trinajstić information content (AvgIpc) is 1.94. The van der Waals surface area contributed by atoms with E-state index in [4.69, 9.17) is 5.11 Å². The maximum absolute atomic E-state index is 12.7. The number of aliphatic hydroxyl groups excluding tert-OH is 1. The molecule has 0 aliphatic carbocycles. The molecule has 60 valence electrons. The minimum Gasteiger partial charge on any atom is -0.387 e. The van der Waals surface area contributed by atoms with Gasteiger partial charge >= 0.3 is 0 Å². The van der Waals surface area contributed by atoms with E-state index in [2.05, 4.69) is 4.98 Å². The molecule has 2 nitrogen and oxygen atoms in total. The van der Waals surface area contributed by atoms with Crippen molar-refractivity contribution in [2.75, 3.05) is 0 Å². The Kier molecular flexibility index (Phi) is 2.19. The summed E-state index contributed by atoms with van der Waals surface area (Å²) in [6, 6.07) is 3.22. The molecule has 0 saturated carbocycles. The number of aliphatic hydroxyl groups is 1. The summed E-state index contributed by atoms with van der Waals surface area (Å²) in [5.74, 6) is -0.511. The van der Waals surface area contributed by atoms with Crippen LogP contribution in [0.2, 0.25) is 0 Å². The molecule has 1 unspecified atom stereocenters. The van der Waals surface area contributed by atoms with Crippen LogP contribution in [-0.2, 0) is 0 Å². The molecule has 0 radical (unpaired) electrons. The van der Waals surface area contributed by atoms with Gasteiger partial charge in [-0.25, -0.2) is 4.98 Å². The van der Waals surface area contributed by atoms with Crippen molar-refractivity contribution in [3.63, 3.8) is 0 Å². The summed E-state index contributed by atoms with van der Waals surface area (Å²) in [4.78, 5) is 3.56. The van der Waals surface area contributed by atoms with Crippen LogP contribution >= 0.6 is 0 Å². The molecule has 11 heavy (non-hydrogen) atoms. The largest absolute Gasteiger partial charge is 0.387 e. The van der Waals surface area contributed by atoms with E-state index in [1.54, 1.807) is 26.0 Å². The first kappa shape index (κ1) is 8.14. The SMILES string of the molecule is Cc1ccc(C(C)O)nc1F. The number of aryl methyl sites for hydroxylation is 1. The minimum absolute atomic E-state index is 0.369. The van der Waals surface area contributed by atoms with E-state index in [-0.39, 0.29) is 0 Å². The number of aromatic nitrogens is 1. The number of halogens is 1. The van der Waals surface area contributed by atoms with Gasteiger partial charge in [0.15, 0.2) is 0 Å². The number of pyridine rings is 1. The van der Waals surface area contributed by atoms with Gasteiger partial charge in [0.1, 0.15) is 0 Å². The second-order valence-electron chi connectivity index (χ2n) is 2.52. The molecule has 0 amide bonds. The molecule has 1 N–H and O–H groups in total. The zero-order valence-electron chi connectivity index (χ0n) is 6.50. The van der Waals surface area contributed by atoms with Gasteiger partial charge in [0.05, 0.1) is 11.8 Å². The zero-order valence-corrected chi connectivity index (χ0v) is 6.50. The molecule has 0 fully saturated rings. The quantitative estimate of drug-likeness (QED) is 0.624. The highest BCUT2D eigenvalue weighted by molar-refractivity contribution is 5.14. The Balaban J connectivity index is 3.05. The maximum Gasteiger partial charge on any atom is 0.216 e. The molecule has 1 atom stereocenters. The second kappa shape index (κ2) is 2.96. The summed E-state index contributed by atoms with van der Waals surface area (Å²) in [6.07, 6.45) is -0.704. The lowest BCUT2D eigenvalue weighted by Gasteiger charge is -2.03. The van der Waals surface area contributed by atoms with Crippen LogP contribution in [0.5, 0.6) is 0 Å². The predicted octanol–water partition coefficient (Wildman–Crippen LogP) is 1.58. The van der Waals surface area contributed by atoms with Crippen LogP contribution in [0.1, 0.15) is 24.3 Å². The van der Waals surface area contributed by atoms with Crippen molar-refractivity contribution >= 4 is 0 Å². The van der Waals surface area contributed by atoms with E-state index in [1.807, 2.05) is 0 Å². The maximum atomic E-state index is 12.7. The summed E-state index contributed by atoms with van der Waals surface area (Å²) in [6.45, 7) is 3.19.